The van der Waals surface area contributed by atoms with Gasteiger partial charge in [-0.15, -0.1) is 5.10 Å². The third-order valence-electron chi connectivity index (χ3n) is 5.98. The number of rotatable bonds is 6. The number of thioether (sulfide) groups is 1. The number of amides is 1. The Morgan fingerprint density at radius 1 is 1.11 bits per heavy atom. The molecule has 0 spiro atoms. The second-order valence-electron chi connectivity index (χ2n) is 8.54. The van der Waals surface area contributed by atoms with Crippen LogP contribution in [0.15, 0.2) is 29.4 Å². The van der Waals surface area contributed by atoms with Crippen LogP contribution in [0, 0.1) is 26.7 Å². The van der Waals surface area contributed by atoms with Gasteiger partial charge in [-0.1, -0.05) is 34.6 Å². The molecule has 1 aromatic carbocycles. The van der Waals surface area contributed by atoms with Crippen LogP contribution in [-0.4, -0.2) is 61.9 Å². The normalized spacial score (nSPS) is 14.3. The Hall–Kier alpha value is -2.98. The molecular formula is C24H27ClN6O3S. The quantitative estimate of drug-likeness (QED) is 0.277. The Labute approximate surface area is 213 Å². The molecule has 184 valence electrons. The van der Waals surface area contributed by atoms with E-state index in [9.17, 15) is 9.59 Å². The highest BCUT2D eigenvalue weighted by Gasteiger charge is 2.31. The third kappa shape index (κ3) is 5.65. The number of ether oxygens (including phenoxy) is 1. The highest BCUT2D eigenvalue weighted by molar-refractivity contribution is 7.98. The Kier molecular flexibility index (Phi) is 7.71. The summed E-state index contributed by atoms with van der Waals surface area (Å²) in [5.74, 6) is -0.244. The minimum Gasteiger partial charge on any atom is -0.469 e. The molecule has 9 nitrogen and oxygen atoms in total. The number of hydrogen-bond acceptors (Lipinski definition) is 8. The molecule has 3 heterocycles. The molecule has 4 rings (SSSR count). The van der Waals surface area contributed by atoms with E-state index in [1.54, 1.807) is 9.58 Å². The predicted octanol–water partition coefficient (Wildman–Crippen LogP) is 3.95. The molecular weight excluding hydrogens is 488 g/mol. The van der Waals surface area contributed by atoms with Crippen LogP contribution in [0.4, 0.5) is 0 Å². The lowest BCUT2D eigenvalue weighted by molar-refractivity contribution is -0.146. The number of nitrogens with zero attached hydrogens (tertiary/aromatic N) is 6. The number of piperidine rings is 1. The molecule has 35 heavy (non-hydrogen) atoms. The first-order valence-electron chi connectivity index (χ1n) is 11.3. The molecule has 1 fully saturated rings. The number of esters is 1. The number of carbonyl (C=O) groups is 2. The van der Waals surface area contributed by atoms with Crippen LogP contribution < -0.4 is 0 Å². The van der Waals surface area contributed by atoms with Crippen molar-refractivity contribution >= 4 is 35.2 Å². The predicted molar refractivity (Wildman–Crippen MR) is 133 cm³/mol. The first kappa shape index (κ1) is 25.1. The van der Waals surface area contributed by atoms with Crippen molar-refractivity contribution in [1.82, 2.24) is 29.9 Å². The summed E-state index contributed by atoms with van der Waals surface area (Å²) in [5.41, 5.74) is 4.32. The van der Waals surface area contributed by atoms with Gasteiger partial charge in [0.25, 0.3) is 5.91 Å². The number of likely N-dealkylation sites (tertiary alicyclic amines) is 1. The molecule has 1 aliphatic heterocycles. The molecule has 0 atom stereocenters. The van der Waals surface area contributed by atoms with E-state index < -0.39 is 0 Å². The van der Waals surface area contributed by atoms with Gasteiger partial charge in [-0.25, -0.2) is 14.6 Å². The van der Waals surface area contributed by atoms with Crippen molar-refractivity contribution in [2.45, 2.75) is 44.5 Å². The van der Waals surface area contributed by atoms with Crippen molar-refractivity contribution in [1.29, 1.82) is 0 Å². The maximum absolute atomic E-state index is 13.5. The Bertz CT molecular complexity index is 1240. The van der Waals surface area contributed by atoms with E-state index in [0.717, 1.165) is 17.0 Å². The molecule has 3 aromatic rings. The summed E-state index contributed by atoms with van der Waals surface area (Å²) in [6, 6.07) is 7.52. The lowest BCUT2D eigenvalue weighted by Gasteiger charge is -2.30. The lowest BCUT2D eigenvalue weighted by atomic mass is 9.97. The zero-order valence-corrected chi connectivity index (χ0v) is 21.7. The van der Waals surface area contributed by atoms with Crippen molar-refractivity contribution in [3.63, 3.8) is 0 Å². The second kappa shape index (κ2) is 10.7. The monoisotopic (exact) mass is 514 g/mol. The van der Waals surface area contributed by atoms with Gasteiger partial charge in [0.1, 0.15) is 0 Å². The number of methoxy groups -OCH3 is 1. The zero-order valence-electron chi connectivity index (χ0n) is 20.1. The highest BCUT2D eigenvalue weighted by atomic mass is 35.5. The van der Waals surface area contributed by atoms with Crippen LogP contribution in [0.1, 0.15) is 46.0 Å². The van der Waals surface area contributed by atoms with E-state index in [1.165, 1.54) is 18.9 Å². The van der Waals surface area contributed by atoms with E-state index in [0.29, 0.717) is 53.2 Å². The molecule has 0 radical (unpaired) electrons. The average molecular weight is 515 g/mol. The molecule has 2 aromatic heterocycles. The van der Waals surface area contributed by atoms with Crippen LogP contribution in [0.25, 0.3) is 5.69 Å². The van der Waals surface area contributed by atoms with Gasteiger partial charge in [0.2, 0.25) is 0 Å². The largest absolute Gasteiger partial charge is 0.469 e. The van der Waals surface area contributed by atoms with Crippen molar-refractivity contribution in [2.24, 2.45) is 5.92 Å². The molecule has 1 aliphatic rings. The van der Waals surface area contributed by atoms with Gasteiger partial charge in [0.05, 0.1) is 24.4 Å². The van der Waals surface area contributed by atoms with E-state index in [4.69, 9.17) is 16.3 Å². The van der Waals surface area contributed by atoms with Crippen LogP contribution in [0.2, 0.25) is 5.02 Å². The maximum Gasteiger partial charge on any atom is 0.308 e. The first-order valence-corrected chi connectivity index (χ1v) is 12.7. The van der Waals surface area contributed by atoms with Crippen molar-refractivity contribution in [2.75, 3.05) is 20.2 Å². The number of aryl methyl sites for hydroxylation is 3. The van der Waals surface area contributed by atoms with Gasteiger partial charge in [-0.05, 0) is 57.4 Å². The number of halogens is 1. The smallest absolute Gasteiger partial charge is 0.308 e. The van der Waals surface area contributed by atoms with E-state index >= 15 is 0 Å². The fourth-order valence-corrected chi connectivity index (χ4v) is 5.16. The van der Waals surface area contributed by atoms with Crippen molar-refractivity contribution in [3.8, 4) is 5.69 Å². The Balaban J connectivity index is 1.63. The van der Waals surface area contributed by atoms with E-state index in [-0.39, 0.29) is 23.5 Å². The van der Waals surface area contributed by atoms with Crippen LogP contribution in [0.3, 0.4) is 0 Å². The molecule has 11 heteroatoms. The fourth-order valence-electron chi connectivity index (χ4n) is 4.04. The molecule has 0 unspecified atom stereocenters. The van der Waals surface area contributed by atoms with Gasteiger partial charge >= 0.3 is 5.97 Å². The standard InChI is InChI=1S/C24H27ClN6O3S/c1-14-5-6-18(12-19(14)25)31-20(13-35-24-26-15(2)11-16(3)27-24)21(28-29-31)22(32)30-9-7-17(8-10-30)23(33)34-4/h5-6,11-12,17H,7-10,13H2,1-4H3. The van der Waals surface area contributed by atoms with Gasteiger partial charge in [-0.2, -0.15) is 0 Å². The number of hydrogen-bond donors (Lipinski definition) is 0. The summed E-state index contributed by atoms with van der Waals surface area (Å²) >= 11 is 7.79. The summed E-state index contributed by atoms with van der Waals surface area (Å²) in [4.78, 5) is 36.1. The van der Waals surface area contributed by atoms with E-state index in [1.807, 2.05) is 45.0 Å². The van der Waals surface area contributed by atoms with Gasteiger partial charge in [-0.3, -0.25) is 9.59 Å². The fraction of sp³-hybridized carbons (Fsp3) is 0.417. The summed E-state index contributed by atoms with van der Waals surface area (Å²) in [5, 5.41) is 9.80. The van der Waals surface area contributed by atoms with Crippen molar-refractivity contribution in [3.05, 3.63) is 57.6 Å². The molecule has 1 saturated heterocycles. The summed E-state index contributed by atoms with van der Waals surface area (Å²) < 4.78 is 6.50. The summed E-state index contributed by atoms with van der Waals surface area (Å²) in [7, 11) is 1.39. The maximum atomic E-state index is 13.5. The zero-order chi connectivity index (χ0) is 25.1. The average Bonchev–Trinajstić information content (AvgIpc) is 3.27. The van der Waals surface area contributed by atoms with Gasteiger partial charge < -0.3 is 9.64 Å². The van der Waals surface area contributed by atoms with Crippen LogP contribution in [-0.2, 0) is 15.3 Å². The van der Waals surface area contributed by atoms with E-state index in [2.05, 4.69) is 20.3 Å². The number of benzene rings is 1. The summed E-state index contributed by atoms with van der Waals surface area (Å²) in [6.07, 6.45) is 1.11. The Morgan fingerprint density at radius 3 is 2.43 bits per heavy atom. The van der Waals surface area contributed by atoms with Crippen LogP contribution >= 0.6 is 23.4 Å². The molecule has 0 bridgehead atoms. The molecule has 0 N–H and O–H groups in total. The molecule has 1 amide bonds. The van der Waals surface area contributed by atoms with Gasteiger partial charge in [0, 0.05) is 35.3 Å². The topological polar surface area (TPSA) is 103 Å². The van der Waals surface area contributed by atoms with Crippen LogP contribution in [0.5, 0.6) is 0 Å². The van der Waals surface area contributed by atoms with Gasteiger partial charge in [0.15, 0.2) is 10.9 Å². The Morgan fingerprint density at radius 2 is 1.80 bits per heavy atom. The molecule has 0 saturated carbocycles. The summed E-state index contributed by atoms with van der Waals surface area (Å²) in [6.45, 7) is 6.68. The lowest BCUT2D eigenvalue weighted by Crippen LogP contribution is -2.41. The number of aromatic nitrogens is 5. The number of carbonyl (C=O) groups excluding carboxylic acids is 2. The third-order valence-corrected chi connectivity index (χ3v) is 7.25. The first-order chi connectivity index (χ1) is 16.8. The van der Waals surface area contributed by atoms with Crippen molar-refractivity contribution < 1.29 is 14.3 Å². The SMILES string of the molecule is COC(=O)C1CCN(C(=O)c2nnn(-c3ccc(C)c(Cl)c3)c2CSc2nc(C)cc(C)n2)CC1. The minimum absolute atomic E-state index is 0.189. The molecule has 0 aliphatic carbocycles. The second-order valence-corrected chi connectivity index (χ2v) is 9.89. The minimum atomic E-state index is -0.232. The highest BCUT2D eigenvalue weighted by Crippen LogP contribution is 2.27.